The van der Waals surface area contributed by atoms with Gasteiger partial charge in [-0.1, -0.05) is 0 Å². The lowest BCUT2D eigenvalue weighted by atomic mass is 10.2. The van der Waals surface area contributed by atoms with Gasteiger partial charge in [-0.2, -0.15) is 0 Å². The number of aromatic amines is 2. The molecule has 0 fully saturated rings. The highest BCUT2D eigenvalue weighted by Crippen LogP contribution is 2.19. The van der Waals surface area contributed by atoms with Crippen LogP contribution in [0.1, 0.15) is 0 Å². The molecule has 3 nitrogen and oxygen atoms in total. The number of aromatic nitrogens is 3. The molecule has 0 unspecified atom stereocenters. The molecule has 0 aliphatic rings. The van der Waals surface area contributed by atoms with Crippen LogP contribution in [0.25, 0.3) is 21.8 Å². The lowest BCUT2D eigenvalue weighted by Crippen LogP contribution is -1.69. The molecule has 0 atom stereocenters. The summed E-state index contributed by atoms with van der Waals surface area (Å²) in [7, 11) is 0. The molecule has 58 valence electrons. The lowest BCUT2D eigenvalue weighted by molar-refractivity contribution is 1.12. The summed E-state index contributed by atoms with van der Waals surface area (Å²) in [4.78, 5) is 4.21. The summed E-state index contributed by atoms with van der Waals surface area (Å²) in [6.45, 7) is 0. The van der Waals surface area contributed by atoms with Crippen molar-refractivity contribution in [1.29, 1.82) is 0 Å². The Morgan fingerprint density at radius 2 is 2.17 bits per heavy atom. The maximum atomic E-state index is 4.21. The van der Waals surface area contributed by atoms with E-state index >= 15 is 0 Å². The minimum Gasteiger partial charge on any atom is -0.307 e. The highest BCUT2D eigenvalue weighted by molar-refractivity contribution is 5.94. The van der Waals surface area contributed by atoms with Crippen molar-refractivity contribution in [2.45, 2.75) is 0 Å². The zero-order valence-electron chi connectivity index (χ0n) is 6.33. The van der Waals surface area contributed by atoms with Gasteiger partial charge < -0.3 is 10.2 Å². The molecule has 0 radical (unpaired) electrons. The number of H-pyrrole nitrogens is 2. The molecular formula is C9H7N3. The molecule has 0 aliphatic carbocycles. The molecule has 0 bridgehead atoms. The van der Waals surface area contributed by atoms with Crippen molar-refractivity contribution < 1.29 is 0 Å². The third-order valence-corrected chi connectivity index (χ3v) is 2.10. The molecule has 0 amide bonds. The van der Waals surface area contributed by atoms with E-state index < -0.39 is 0 Å². The summed E-state index contributed by atoms with van der Waals surface area (Å²) in [5.41, 5.74) is 2.14. The number of nitrogens with one attached hydrogen (secondary N) is 2. The van der Waals surface area contributed by atoms with Gasteiger partial charge in [-0.3, -0.25) is 4.98 Å². The molecule has 3 heteroatoms. The minimum atomic E-state index is 1.04. The van der Waals surface area contributed by atoms with Crippen LogP contribution >= 0.6 is 0 Å². The molecule has 2 N–H and O–H groups in total. The van der Waals surface area contributed by atoms with Crippen LogP contribution in [0.4, 0.5) is 0 Å². The van der Waals surface area contributed by atoms with Crippen LogP contribution in [0.15, 0.2) is 30.6 Å². The van der Waals surface area contributed by atoms with Crippen molar-refractivity contribution in [3.8, 4) is 0 Å². The van der Waals surface area contributed by atoms with Gasteiger partial charge in [-0.05, 0) is 18.2 Å². The van der Waals surface area contributed by atoms with E-state index in [0.717, 1.165) is 11.0 Å². The van der Waals surface area contributed by atoms with Crippen LogP contribution in [0.2, 0.25) is 0 Å². The van der Waals surface area contributed by atoms with Crippen molar-refractivity contribution in [3.05, 3.63) is 30.6 Å². The average molecular weight is 157 g/mol. The van der Waals surface area contributed by atoms with Gasteiger partial charge in [-0.15, -0.1) is 0 Å². The van der Waals surface area contributed by atoms with E-state index in [1.54, 1.807) is 0 Å². The summed E-state index contributed by atoms with van der Waals surface area (Å²) in [5.74, 6) is 0. The molecule has 0 spiro atoms. The number of hydrogen-bond donors (Lipinski definition) is 2. The summed E-state index contributed by atoms with van der Waals surface area (Å²) in [6, 6.07) is 6.17. The van der Waals surface area contributed by atoms with Gasteiger partial charge in [-0.25, -0.2) is 0 Å². The van der Waals surface area contributed by atoms with Gasteiger partial charge in [0.25, 0.3) is 0 Å². The molecule has 2 aromatic heterocycles. The first kappa shape index (κ1) is 5.83. The van der Waals surface area contributed by atoms with Crippen LogP contribution in [-0.4, -0.2) is 15.2 Å². The fourth-order valence-corrected chi connectivity index (χ4v) is 1.49. The van der Waals surface area contributed by atoms with Crippen LogP contribution < -0.4 is 0 Å². The first-order valence-electron chi connectivity index (χ1n) is 3.84. The van der Waals surface area contributed by atoms with Crippen molar-refractivity contribution in [2.75, 3.05) is 0 Å². The Morgan fingerprint density at radius 3 is 3.17 bits per heavy atom. The molecule has 0 saturated heterocycles. The second-order valence-electron chi connectivity index (χ2n) is 2.86. The maximum absolute atomic E-state index is 4.21. The smallest absolute Gasteiger partial charge is 0.0724 e. The fourth-order valence-electron chi connectivity index (χ4n) is 1.49. The SMILES string of the molecule is c1cc2cc3c[nH][nH]c3cc2n1. The van der Waals surface area contributed by atoms with Gasteiger partial charge in [0.2, 0.25) is 0 Å². The summed E-state index contributed by atoms with van der Waals surface area (Å²) < 4.78 is 0. The third kappa shape index (κ3) is 0.625. The van der Waals surface area contributed by atoms with E-state index in [9.17, 15) is 0 Å². The van der Waals surface area contributed by atoms with E-state index in [-0.39, 0.29) is 0 Å². The number of hydrogen-bond acceptors (Lipinski definition) is 1. The van der Waals surface area contributed by atoms with E-state index in [0.29, 0.717) is 0 Å². The first-order valence-corrected chi connectivity index (χ1v) is 3.84. The number of benzene rings is 1. The molecule has 3 rings (SSSR count). The van der Waals surface area contributed by atoms with Gasteiger partial charge >= 0.3 is 0 Å². The predicted molar refractivity (Wildman–Crippen MR) is 48.0 cm³/mol. The highest BCUT2D eigenvalue weighted by Gasteiger charge is 1.98. The second kappa shape index (κ2) is 1.88. The quantitative estimate of drug-likeness (QED) is 0.515. The Hall–Kier alpha value is -1.77. The zero-order valence-corrected chi connectivity index (χ0v) is 6.33. The average Bonchev–Trinajstić information content (AvgIpc) is 2.64. The van der Waals surface area contributed by atoms with E-state index in [2.05, 4.69) is 21.2 Å². The summed E-state index contributed by atoms with van der Waals surface area (Å²) in [5, 5.41) is 8.37. The van der Waals surface area contributed by atoms with E-state index in [4.69, 9.17) is 0 Å². The molecule has 3 aromatic rings. The van der Waals surface area contributed by atoms with Crippen LogP contribution in [0.3, 0.4) is 0 Å². The first-order chi connectivity index (χ1) is 5.93. The van der Waals surface area contributed by atoms with E-state index in [1.807, 2.05) is 24.5 Å². The Labute approximate surface area is 68.4 Å². The largest absolute Gasteiger partial charge is 0.307 e. The third-order valence-electron chi connectivity index (χ3n) is 2.10. The van der Waals surface area contributed by atoms with Crippen molar-refractivity contribution in [3.63, 3.8) is 0 Å². The number of rotatable bonds is 0. The van der Waals surface area contributed by atoms with E-state index in [1.165, 1.54) is 10.8 Å². The number of nitrogens with zero attached hydrogens (tertiary/aromatic N) is 1. The molecule has 0 saturated carbocycles. The molecule has 12 heavy (non-hydrogen) atoms. The number of fused-ring (bicyclic) bond motifs is 2. The summed E-state index contributed by atoms with van der Waals surface area (Å²) in [6.07, 6.45) is 3.77. The van der Waals surface area contributed by atoms with Crippen LogP contribution in [0.5, 0.6) is 0 Å². The molecule has 2 heterocycles. The normalized spacial score (nSPS) is 11.3. The van der Waals surface area contributed by atoms with Crippen LogP contribution in [0, 0.1) is 0 Å². The minimum absolute atomic E-state index is 1.04. The maximum Gasteiger partial charge on any atom is 0.0724 e. The Bertz CT molecular complexity index is 442. The molecule has 0 aliphatic heterocycles. The Morgan fingerprint density at radius 1 is 1.17 bits per heavy atom. The molecular weight excluding hydrogens is 150 g/mol. The van der Waals surface area contributed by atoms with Gasteiger partial charge in [0, 0.05) is 23.2 Å². The van der Waals surface area contributed by atoms with Gasteiger partial charge in [0.05, 0.1) is 11.0 Å². The van der Waals surface area contributed by atoms with Crippen molar-refractivity contribution in [2.24, 2.45) is 0 Å². The van der Waals surface area contributed by atoms with Crippen molar-refractivity contribution >= 4 is 21.8 Å². The van der Waals surface area contributed by atoms with Crippen LogP contribution in [-0.2, 0) is 0 Å². The Kier molecular flexibility index (Phi) is 0.913. The monoisotopic (exact) mass is 157 g/mol. The fraction of sp³-hybridized carbons (Fsp3) is 0. The van der Waals surface area contributed by atoms with Gasteiger partial charge in [0.15, 0.2) is 0 Å². The lowest BCUT2D eigenvalue weighted by Gasteiger charge is -1.88. The standard InChI is InChI=1S/C9H7N3/c1-2-10-8-4-9-7(3-6(1)8)5-11-12-9/h1-5,11-12H. The van der Waals surface area contributed by atoms with Crippen molar-refractivity contribution in [1.82, 2.24) is 15.2 Å². The highest BCUT2D eigenvalue weighted by atomic mass is 15.1. The molecule has 1 aromatic carbocycles. The summed E-state index contributed by atoms with van der Waals surface area (Å²) >= 11 is 0. The Balaban J connectivity index is 2.62. The predicted octanol–water partition coefficient (Wildman–Crippen LogP) is 2.04. The topological polar surface area (TPSA) is 44.5 Å². The second-order valence-corrected chi connectivity index (χ2v) is 2.86. The van der Waals surface area contributed by atoms with Gasteiger partial charge in [0.1, 0.15) is 0 Å². The zero-order chi connectivity index (χ0) is 7.97.